The molecule has 0 spiro atoms. The van der Waals surface area contributed by atoms with E-state index >= 15 is 0 Å². The Labute approximate surface area is 104 Å². The van der Waals surface area contributed by atoms with Crippen LogP contribution in [0.1, 0.15) is 25.7 Å². The summed E-state index contributed by atoms with van der Waals surface area (Å²) >= 11 is 0. The molecule has 2 rings (SSSR count). The molecule has 0 aromatic rings. The number of rotatable bonds is 3. The monoisotopic (exact) mass is 264 g/mol. The molecular weight excluding hydrogens is 245 g/mol. The number of likely N-dealkylation sites (tertiary alicyclic amines) is 1. The third-order valence-corrected chi connectivity index (χ3v) is 4.17. The Kier molecular flexibility index (Phi) is 3.84. The van der Waals surface area contributed by atoms with Gasteiger partial charge in [-0.1, -0.05) is 12.8 Å². The fourth-order valence-corrected chi connectivity index (χ4v) is 3.21. The van der Waals surface area contributed by atoms with E-state index in [2.05, 4.69) is 0 Å². The molecule has 1 aliphatic heterocycles. The molecule has 0 bridgehead atoms. The van der Waals surface area contributed by atoms with Gasteiger partial charge in [-0.05, 0) is 18.8 Å². The van der Waals surface area contributed by atoms with E-state index in [1.807, 2.05) is 0 Å². The molecule has 1 saturated carbocycles. The van der Waals surface area contributed by atoms with Crippen molar-refractivity contribution < 1.29 is 18.0 Å². The molecule has 0 unspecified atom stereocenters. The third kappa shape index (κ3) is 2.96. The number of hydrogen-bond acceptors (Lipinski definition) is 2. The topological polar surface area (TPSA) is 46.3 Å². The molecular formula is C12H19F3N2O. The first-order valence-corrected chi connectivity index (χ1v) is 6.46. The van der Waals surface area contributed by atoms with Gasteiger partial charge in [0.05, 0.1) is 11.8 Å². The Morgan fingerprint density at radius 3 is 2.28 bits per heavy atom. The van der Waals surface area contributed by atoms with E-state index < -0.39 is 23.9 Å². The quantitative estimate of drug-likeness (QED) is 0.844. The zero-order valence-electron chi connectivity index (χ0n) is 10.2. The minimum atomic E-state index is -4.33. The number of alkyl halides is 3. The van der Waals surface area contributed by atoms with Gasteiger partial charge in [0.2, 0.25) is 5.91 Å². The van der Waals surface area contributed by atoms with Gasteiger partial charge in [-0.2, -0.15) is 13.2 Å². The van der Waals surface area contributed by atoms with Gasteiger partial charge in [0, 0.05) is 19.6 Å². The Balaban J connectivity index is 1.97. The van der Waals surface area contributed by atoms with Crippen LogP contribution in [0.2, 0.25) is 0 Å². The standard InChI is InChI=1S/C12H19F3N2O/c13-12(14,15)10-7-17(6-9(10)11(16)18)5-8-3-1-2-4-8/h8-10H,1-7H2,(H2,16,18)/t9-,10-/m1/s1. The van der Waals surface area contributed by atoms with Crippen LogP contribution < -0.4 is 5.73 Å². The Morgan fingerprint density at radius 2 is 1.83 bits per heavy atom. The van der Waals surface area contributed by atoms with E-state index in [0.29, 0.717) is 12.5 Å². The number of nitrogens with two attached hydrogens (primary N) is 1. The second-order valence-electron chi connectivity index (χ2n) is 5.53. The van der Waals surface area contributed by atoms with Crippen molar-refractivity contribution in [2.75, 3.05) is 19.6 Å². The molecule has 3 nitrogen and oxygen atoms in total. The Bertz CT molecular complexity index is 313. The van der Waals surface area contributed by atoms with Crippen LogP contribution in [0.25, 0.3) is 0 Å². The Hall–Kier alpha value is -0.780. The molecule has 2 atom stereocenters. The number of primary amides is 1. The lowest BCUT2D eigenvalue weighted by Gasteiger charge is -2.20. The Morgan fingerprint density at radius 1 is 1.22 bits per heavy atom. The van der Waals surface area contributed by atoms with Gasteiger partial charge in [-0.3, -0.25) is 4.79 Å². The molecule has 0 aromatic carbocycles. The average Bonchev–Trinajstić information content (AvgIpc) is 2.85. The maximum absolute atomic E-state index is 12.8. The number of amides is 1. The molecule has 6 heteroatoms. The lowest BCUT2D eigenvalue weighted by atomic mass is 9.95. The summed E-state index contributed by atoms with van der Waals surface area (Å²) in [7, 11) is 0. The normalized spacial score (nSPS) is 31.1. The summed E-state index contributed by atoms with van der Waals surface area (Å²) in [5.74, 6) is -3.00. The summed E-state index contributed by atoms with van der Waals surface area (Å²) < 4.78 is 38.5. The van der Waals surface area contributed by atoms with Crippen molar-refractivity contribution in [2.24, 2.45) is 23.5 Å². The van der Waals surface area contributed by atoms with E-state index in [4.69, 9.17) is 5.73 Å². The fourth-order valence-electron chi connectivity index (χ4n) is 3.21. The van der Waals surface area contributed by atoms with Crippen molar-refractivity contribution in [1.82, 2.24) is 4.90 Å². The second kappa shape index (κ2) is 5.07. The summed E-state index contributed by atoms with van der Waals surface area (Å²) in [6, 6.07) is 0. The summed E-state index contributed by atoms with van der Waals surface area (Å²) in [5, 5.41) is 0. The zero-order valence-corrected chi connectivity index (χ0v) is 10.2. The van der Waals surface area contributed by atoms with Crippen LogP contribution in [-0.4, -0.2) is 36.6 Å². The van der Waals surface area contributed by atoms with E-state index in [1.54, 1.807) is 4.90 Å². The molecule has 104 valence electrons. The van der Waals surface area contributed by atoms with Crippen LogP contribution in [0, 0.1) is 17.8 Å². The van der Waals surface area contributed by atoms with Crippen LogP contribution in [0.3, 0.4) is 0 Å². The number of hydrogen-bond donors (Lipinski definition) is 1. The molecule has 0 radical (unpaired) electrons. The first kappa shape index (κ1) is 13.6. The lowest BCUT2D eigenvalue weighted by molar-refractivity contribution is -0.182. The van der Waals surface area contributed by atoms with Gasteiger partial charge in [0.1, 0.15) is 0 Å². The number of halogens is 3. The third-order valence-electron chi connectivity index (χ3n) is 4.17. The zero-order chi connectivity index (χ0) is 13.3. The summed E-state index contributed by atoms with van der Waals surface area (Å²) in [4.78, 5) is 12.9. The molecule has 1 heterocycles. The molecule has 18 heavy (non-hydrogen) atoms. The average molecular weight is 264 g/mol. The number of carbonyl (C=O) groups is 1. The highest BCUT2D eigenvalue weighted by molar-refractivity contribution is 5.77. The predicted octanol–water partition coefficient (Wildman–Crippen LogP) is 1.77. The second-order valence-corrected chi connectivity index (χ2v) is 5.53. The molecule has 0 aromatic heterocycles. The largest absolute Gasteiger partial charge is 0.393 e. The molecule has 2 fully saturated rings. The highest BCUT2D eigenvalue weighted by Gasteiger charge is 2.51. The van der Waals surface area contributed by atoms with Gasteiger partial charge in [0.15, 0.2) is 0 Å². The predicted molar refractivity (Wildman–Crippen MR) is 60.6 cm³/mol. The van der Waals surface area contributed by atoms with E-state index in [-0.39, 0.29) is 13.1 Å². The van der Waals surface area contributed by atoms with Crippen LogP contribution >= 0.6 is 0 Å². The first-order chi connectivity index (χ1) is 8.38. The van der Waals surface area contributed by atoms with Gasteiger partial charge < -0.3 is 10.6 Å². The first-order valence-electron chi connectivity index (χ1n) is 6.46. The van der Waals surface area contributed by atoms with Crippen molar-refractivity contribution in [1.29, 1.82) is 0 Å². The summed E-state index contributed by atoms with van der Waals surface area (Å²) in [5.41, 5.74) is 5.09. The van der Waals surface area contributed by atoms with Crippen LogP contribution in [0.5, 0.6) is 0 Å². The van der Waals surface area contributed by atoms with Gasteiger partial charge in [0.25, 0.3) is 0 Å². The minimum Gasteiger partial charge on any atom is -0.369 e. The van der Waals surface area contributed by atoms with E-state index in [9.17, 15) is 18.0 Å². The van der Waals surface area contributed by atoms with E-state index in [0.717, 1.165) is 12.8 Å². The van der Waals surface area contributed by atoms with Crippen LogP contribution in [0.4, 0.5) is 13.2 Å². The molecule has 1 aliphatic carbocycles. The van der Waals surface area contributed by atoms with Crippen LogP contribution in [-0.2, 0) is 4.79 Å². The number of nitrogens with zero attached hydrogens (tertiary/aromatic N) is 1. The van der Waals surface area contributed by atoms with Gasteiger partial charge >= 0.3 is 6.18 Å². The van der Waals surface area contributed by atoms with Crippen molar-refractivity contribution in [3.8, 4) is 0 Å². The highest BCUT2D eigenvalue weighted by Crippen LogP contribution is 2.38. The van der Waals surface area contributed by atoms with E-state index in [1.165, 1.54) is 12.8 Å². The lowest BCUT2D eigenvalue weighted by Crippen LogP contribution is -2.37. The molecule has 2 N–H and O–H groups in total. The summed E-state index contributed by atoms with van der Waals surface area (Å²) in [6.45, 7) is 0.764. The van der Waals surface area contributed by atoms with Crippen molar-refractivity contribution >= 4 is 5.91 Å². The molecule has 1 amide bonds. The SMILES string of the molecule is NC(=O)[C@@H]1CN(CC2CCCC2)C[C@H]1C(F)(F)F. The van der Waals surface area contributed by atoms with Gasteiger partial charge in [-0.25, -0.2) is 0 Å². The fraction of sp³-hybridized carbons (Fsp3) is 0.917. The number of carbonyl (C=O) groups excluding carboxylic acids is 1. The van der Waals surface area contributed by atoms with Gasteiger partial charge in [-0.15, -0.1) is 0 Å². The molecule has 1 saturated heterocycles. The maximum Gasteiger partial charge on any atom is 0.393 e. The highest BCUT2D eigenvalue weighted by atomic mass is 19.4. The van der Waals surface area contributed by atoms with Crippen molar-refractivity contribution in [2.45, 2.75) is 31.9 Å². The van der Waals surface area contributed by atoms with Crippen molar-refractivity contribution in [3.05, 3.63) is 0 Å². The molecule has 2 aliphatic rings. The smallest absolute Gasteiger partial charge is 0.369 e. The van der Waals surface area contributed by atoms with Crippen LogP contribution in [0.15, 0.2) is 0 Å². The van der Waals surface area contributed by atoms with Crippen molar-refractivity contribution in [3.63, 3.8) is 0 Å². The minimum absolute atomic E-state index is 0.0758. The summed E-state index contributed by atoms with van der Waals surface area (Å²) in [6.07, 6.45) is 0.188. The maximum atomic E-state index is 12.8.